The summed E-state index contributed by atoms with van der Waals surface area (Å²) >= 11 is 3.51. The van der Waals surface area contributed by atoms with Crippen LogP contribution in [0.15, 0.2) is 41.4 Å². The number of H-pyrrole nitrogens is 1. The van der Waals surface area contributed by atoms with E-state index in [1.807, 2.05) is 35.2 Å². The fourth-order valence-electron chi connectivity index (χ4n) is 5.19. The van der Waals surface area contributed by atoms with Gasteiger partial charge >= 0.3 is 0 Å². The van der Waals surface area contributed by atoms with E-state index >= 15 is 0 Å². The molecule has 9 nitrogen and oxygen atoms in total. The lowest BCUT2D eigenvalue weighted by atomic mass is 10.1. The Morgan fingerprint density at radius 3 is 2.62 bits per heavy atom. The maximum atomic E-state index is 5.63. The molecule has 0 spiro atoms. The predicted molar refractivity (Wildman–Crippen MR) is 148 cm³/mol. The lowest BCUT2D eigenvalue weighted by Gasteiger charge is -2.34. The van der Waals surface area contributed by atoms with Crippen LogP contribution in [0, 0.1) is 0 Å². The summed E-state index contributed by atoms with van der Waals surface area (Å²) in [4.78, 5) is 23.4. The van der Waals surface area contributed by atoms with Crippen LogP contribution in [-0.2, 0) is 17.8 Å². The molecule has 6 heterocycles. The zero-order valence-corrected chi connectivity index (χ0v) is 22.1. The minimum absolute atomic E-state index is 0.724. The van der Waals surface area contributed by atoms with E-state index in [-0.39, 0.29) is 0 Å². The van der Waals surface area contributed by atoms with Gasteiger partial charge in [-0.2, -0.15) is 5.10 Å². The molecule has 190 valence electrons. The van der Waals surface area contributed by atoms with Gasteiger partial charge in [-0.3, -0.25) is 14.9 Å². The first-order valence-corrected chi connectivity index (χ1v) is 14.4. The Kier molecular flexibility index (Phi) is 6.31. The molecular weight excluding hydrogens is 504 g/mol. The van der Waals surface area contributed by atoms with Crippen molar-refractivity contribution in [3.8, 4) is 11.4 Å². The number of nitrogens with zero attached hydrogens (tertiary/aromatic N) is 7. The van der Waals surface area contributed by atoms with E-state index in [0.717, 1.165) is 99.2 Å². The standard InChI is InChI=1S/C26H28N8OS2/c1-2-20(21-13-28-31-22(21)3-1)25-29-23-12-19(37-24(23)26(30-25)34-8-10-35-11-9-34)15-33-6-4-32(5-7-33)14-18-16-36-17-27-18/h1-3,12-13,16-17H,4-11,14-15H2,(H,28,31). The molecule has 0 radical (unpaired) electrons. The van der Waals surface area contributed by atoms with Crippen LogP contribution >= 0.6 is 22.7 Å². The van der Waals surface area contributed by atoms with Gasteiger partial charge in [-0.15, -0.1) is 22.7 Å². The number of aromatic nitrogens is 5. The second-order valence-corrected chi connectivity index (χ2v) is 11.4. The normalized spacial score (nSPS) is 17.8. The average Bonchev–Trinajstić information content (AvgIpc) is 3.70. The molecule has 1 aromatic carbocycles. The highest BCUT2D eigenvalue weighted by Gasteiger charge is 2.23. The van der Waals surface area contributed by atoms with Gasteiger partial charge in [0.15, 0.2) is 11.6 Å². The number of piperazine rings is 1. The third-order valence-corrected chi connectivity index (χ3v) is 8.89. The van der Waals surface area contributed by atoms with Gasteiger partial charge in [0.25, 0.3) is 0 Å². The van der Waals surface area contributed by atoms with Gasteiger partial charge in [-0.1, -0.05) is 12.1 Å². The van der Waals surface area contributed by atoms with E-state index in [1.165, 1.54) is 15.3 Å². The number of fused-ring (bicyclic) bond motifs is 2. The van der Waals surface area contributed by atoms with Crippen molar-refractivity contribution in [1.29, 1.82) is 0 Å². The van der Waals surface area contributed by atoms with E-state index in [2.05, 4.69) is 47.4 Å². The molecule has 37 heavy (non-hydrogen) atoms. The Bertz CT molecular complexity index is 1500. The van der Waals surface area contributed by atoms with Gasteiger partial charge in [0.05, 0.1) is 46.3 Å². The van der Waals surface area contributed by atoms with Crippen LogP contribution in [0.4, 0.5) is 5.82 Å². The zero-order chi connectivity index (χ0) is 24.6. The summed E-state index contributed by atoms with van der Waals surface area (Å²) in [6.07, 6.45) is 1.86. The van der Waals surface area contributed by atoms with E-state index in [9.17, 15) is 0 Å². The Morgan fingerprint density at radius 1 is 0.973 bits per heavy atom. The third-order valence-electron chi connectivity index (χ3n) is 7.15. The van der Waals surface area contributed by atoms with Crippen molar-refractivity contribution < 1.29 is 4.74 Å². The summed E-state index contributed by atoms with van der Waals surface area (Å²) in [6, 6.07) is 8.42. The zero-order valence-electron chi connectivity index (χ0n) is 20.5. The summed E-state index contributed by atoms with van der Waals surface area (Å²) in [5.41, 5.74) is 6.12. The number of nitrogens with one attached hydrogen (secondary N) is 1. The van der Waals surface area contributed by atoms with Gasteiger partial charge in [0.1, 0.15) is 0 Å². The van der Waals surface area contributed by atoms with Crippen molar-refractivity contribution in [1.82, 2.24) is 34.9 Å². The highest BCUT2D eigenvalue weighted by Crippen LogP contribution is 2.36. The molecule has 0 amide bonds. The van der Waals surface area contributed by atoms with Gasteiger partial charge in [0.2, 0.25) is 0 Å². The van der Waals surface area contributed by atoms with Crippen molar-refractivity contribution in [2.24, 2.45) is 0 Å². The van der Waals surface area contributed by atoms with E-state index in [0.29, 0.717) is 0 Å². The third kappa shape index (κ3) is 4.73. The highest BCUT2D eigenvalue weighted by atomic mass is 32.1. The highest BCUT2D eigenvalue weighted by molar-refractivity contribution is 7.19. The van der Waals surface area contributed by atoms with Crippen LogP contribution in [0.3, 0.4) is 0 Å². The number of morpholine rings is 1. The number of thiophene rings is 1. The summed E-state index contributed by atoms with van der Waals surface area (Å²) in [5.74, 6) is 1.77. The Balaban J connectivity index is 1.17. The largest absolute Gasteiger partial charge is 0.378 e. The molecule has 5 aromatic rings. The number of benzene rings is 1. The molecule has 0 bridgehead atoms. The molecule has 2 saturated heterocycles. The average molecular weight is 533 g/mol. The summed E-state index contributed by atoms with van der Waals surface area (Å²) in [7, 11) is 0. The molecular formula is C26H28N8OS2. The van der Waals surface area contributed by atoms with Crippen molar-refractivity contribution in [2.45, 2.75) is 13.1 Å². The first kappa shape index (κ1) is 23.2. The van der Waals surface area contributed by atoms with E-state index < -0.39 is 0 Å². The van der Waals surface area contributed by atoms with E-state index in [1.54, 1.807) is 11.3 Å². The van der Waals surface area contributed by atoms with Crippen LogP contribution < -0.4 is 4.90 Å². The maximum Gasteiger partial charge on any atom is 0.162 e. The molecule has 0 atom stereocenters. The topological polar surface area (TPSA) is 86.3 Å². The first-order chi connectivity index (χ1) is 18.3. The number of hydrogen-bond donors (Lipinski definition) is 1. The molecule has 0 aliphatic carbocycles. The summed E-state index contributed by atoms with van der Waals surface area (Å²) < 4.78 is 6.80. The van der Waals surface area contributed by atoms with E-state index in [4.69, 9.17) is 14.7 Å². The molecule has 0 saturated carbocycles. The molecule has 0 unspecified atom stereocenters. The molecule has 2 aliphatic heterocycles. The predicted octanol–water partition coefficient (Wildman–Crippen LogP) is 3.85. The molecule has 4 aromatic heterocycles. The van der Waals surface area contributed by atoms with Crippen molar-refractivity contribution in [3.63, 3.8) is 0 Å². The molecule has 1 N–H and O–H groups in total. The molecule has 7 rings (SSSR count). The number of hydrogen-bond acceptors (Lipinski definition) is 10. The first-order valence-electron chi connectivity index (χ1n) is 12.7. The van der Waals surface area contributed by atoms with Gasteiger partial charge in [0, 0.05) is 73.6 Å². The molecule has 2 aliphatic rings. The molecule has 11 heteroatoms. The second-order valence-electron chi connectivity index (χ2n) is 9.57. The monoisotopic (exact) mass is 532 g/mol. The van der Waals surface area contributed by atoms with Crippen LogP contribution in [-0.4, -0.2) is 87.4 Å². The Morgan fingerprint density at radius 2 is 1.81 bits per heavy atom. The fraction of sp³-hybridized carbons (Fsp3) is 0.385. The van der Waals surface area contributed by atoms with Crippen molar-refractivity contribution >= 4 is 49.6 Å². The number of thiazole rings is 1. The molecule has 2 fully saturated rings. The number of anilines is 1. The van der Waals surface area contributed by atoms with Crippen molar-refractivity contribution in [2.75, 3.05) is 57.4 Å². The van der Waals surface area contributed by atoms with Crippen molar-refractivity contribution in [3.05, 3.63) is 51.9 Å². The van der Waals surface area contributed by atoms with Crippen LogP contribution in [0.2, 0.25) is 0 Å². The van der Waals surface area contributed by atoms with Crippen LogP contribution in [0.1, 0.15) is 10.6 Å². The lowest BCUT2D eigenvalue weighted by Crippen LogP contribution is -2.45. The quantitative estimate of drug-likeness (QED) is 0.353. The number of ether oxygens (including phenoxy) is 1. The maximum absolute atomic E-state index is 5.63. The fourth-order valence-corrected chi connectivity index (χ4v) is 6.89. The van der Waals surface area contributed by atoms with Gasteiger partial charge in [-0.25, -0.2) is 15.0 Å². The summed E-state index contributed by atoms with van der Waals surface area (Å²) in [6.45, 7) is 9.29. The summed E-state index contributed by atoms with van der Waals surface area (Å²) in [5, 5.41) is 10.5. The van der Waals surface area contributed by atoms with Gasteiger partial charge < -0.3 is 9.64 Å². The number of aromatic amines is 1. The smallest absolute Gasteiger partial charge is 0.162 e. The Labute approximate surface area is 222 Å². The minimum atomic E-state index is 0.724. The SMILES string of the molecule is c1cc(-c2nc(N3CCOCC3)c3sc(CN4CCN(Cc5cscn5)CC4)cc3n2)c2cn[nH]c2c1. The van der Waals surface area contributed by atoms with Gasteiger partial charge in [-0.05, 0) is 12.1 Å². The number of rotatable bonds is 6. The second kappa shape index (κ2) is 10.1. The van der Waals surface area contributed by atoms with Crippen LogP contribution in [0.25, 0.3) is 32.5 Å². The minimum Gasteiger partial charge on any atom is -0.378 e. The Hall–Kier alpha value is -2.96. The van der Waals surface area contributed by atoms with Crippen LogP contribution in [0.5, 0.6) is 0 Å². The lowest BCUT2D eigenvalue weighted by molar-refractivity contribution is 0.122.